The maximum absolute atomic E-state index is 13.1. The van der Waals surface area contributed by atoms with E-state index in [0.29, 0.717) is 5.04 Å². The standard InChI is InChI=1S/C11H10FNO3S/c1-11(10(15)16)5-17-9(13-11)7-4-6(12)2-3-8(7)14/h2-4,14H,5H2,1H3,(H,15,16)/t11-/m1/s1. The van der Waals surface area contributed by atoms with Gasteiger partial charge in [0.15, 0.2) is 5.54 Å². The van der Waals surface area contributed by atoms with E-state index in [2.05, 4.69) is 4.99 Å². The summed E-state index contributed by atoms with van der Waals surface area (Å²) in [6, 6.07) is 3.51. The predicted molar refractivity (Wildman–Crippen MR) is 63.1 cm³/mol. The summed E-state index contributed by atoms with van der Waals surface area (Å²) in [6.07, 6.45) is 0. The Bertz CT molecular complexity index is 517. The second-order valence-electron chi connectivity index (χ2n) is 3.95. The summed E-state index contributed by atoms with van der Waals surface area (Å²) in [5, 5.41) is 19.0. The van der Waals surface area contributed by atoms with Crippen molar-refractivity contribution in [1.29, 1.82) is 0 Å². The topological polar surface area (TPSA) is 69.9 Å². The number of rotatable bonds is 2. The Morgan fingerprint density at radius 1 is 1.59 bits per heavy atom. The van der Waals surface area contributed by atoms with Gasteiger partial charge in [0.25, 0.3) is 0 Å². The zero-order valence-electron chi connectivity index (χ0n) is 8.98. The molecule has 90 valence electrons. The first-order chi connectivity index (χ1) is 7.92. The molecule has 1 aromatic carbocycles. The van der Waals surface area contributed by atoms with E-state index in [-0.39, 0.29) is 17.1 Å². The number of aromatic hydroxyl groups is 1. The molecule has 0 bridgehead atoms. The van der Waals surface area contributed by atoms with Gasteiger partial charge in [0.05, 0.1) is 5.56 Å². The molecule has 0 radical (unpaired) electrons. The van der Waals surface area contributed by atoms with Gasteiger partial charge in [0.1, 0.15) is 16.6 Å². The normalized spacial score (nSPS) is 23.5. The van der Waals surface area contributed by atoms with Gasteiger partial charge < -0.3 is 10.2 Å². The largest absolute Gasteiger partial charge is 0.507 e. The van der Waals surface area contributed by atoms with Crippen LogP contribution in [-0.2, 0) is 4.79 Å². The Balaban J connectivity index is 2.43. The van der Waals surface area contributed by atoms with E-state index in [1.807, 2.05) is 0 Å². The highest BCUT2D eigenvalue weighted by Crippen LogP contribution is 2.34. The van der Waals surface area contributed by atoms with Gasteiger partial charge in [0, 0.05) is 5.75 Å². The van der Waals surface area contributed by atoms with Crippen molar-refractivity contribution >= 4 is 22.8 Å². The van der Waals surface area contributed by atoms with Gasteiger partial charge in [-0.15, -0.1) is 11.8 Å². The fraction of sp³-hybridized carbons (Fsp3) is 0.273. The van der Waals surface area contributed by atoms with Gasteiger partial charge in [-0.25, -0.2) is 9.18 Å². The Hall–Kier alpha value is -1.56. The number of hydrogen-bond donors (Lipinski definition) is 2. The molecule has 0 saturated heterocycles. The average Bonchev–Trinajstić information content (AvgIpc) is 2.66. The van der Waals surface area contributed by atoms with Crippen molar-refractivity contribution in [2.24, 2.45) is 4.99 Å². The molecule has 1 aromatic rings. The van der Waals surface area contributed by atoms with Crippen molar-refractivity contribution in [3.63, 3.8) is 0 Å². The van der Waals surface area contributed by atoms with Gasteiger partial charge in [-0.05, 0) is 25.1 Å². The van der Waals surface area contributed by atoms with Crippen LogP contribution in [0.3, 0.4) is 0 Å². The van der Waals surface area contributed by atoms with Crippen molar-refractivity contribution in [3.8, 4) is 5.75 Å². The molecule has 1 heterocycles. The zero-order chi connectivity index (χ0) is 12.6. The molecule has 0 aliphatic carbocycles. The number of carboxylic acid groups (broad SMARTS) is 1. The third-order valence-corrected chi connectivity index (χ3v) is 3.78. The van der Waals surface area contributed by atoms with Gasteiger partial charge in [-0.2, -0.15) is 0 Å². The molecule has 0 saturated carbocycles. The summed E-state index contributed by atoms with van der Waals surface area (Å²) >= 11 is 1.20. The van der Waals surface area contributed by atoms with Crippen LogP contribution in [0.2, 0.25) is 0 Å². The fourth-order valence-corrected chi connectivity index (χ4v) is 2.62. The Morgan fingerprint density at radius 2 is 2.29 bits per heavy atom. The molecular formula is C11H10FNO3S. The lowest BCUT2D eigenvalue weighted by Gasteiger charge is -2.11. The summed E-state index contributed by atoms with van der Waals surface area (Å²) < 4.78 is 13.1. The molecule has 0 fully saturated rings. The molecule has 0 spiro atoms. The van der Waals surface area contributed by atoms with Gasteiger partial charge in [-0.1, -0.05) is 0 Å². The van der Waals surface area contributed by atoms with E-state index in [1.54, 1.807) is 0 Å². The minimum Gasteiger partial charge on any atom is -0.507 e. The molecule has 17 heavy (non-hydrogen) atoms. The van der Waals surface area contributed by atoms with Crippen LogP contribution in [0.1, 0.15) is 12.5 Å². The number of halogens is 1. The van der Waals surface area contributed by atoms with Gasteiger partial charge in [-0.3, -0.25) is 4.99 Å². The smallest absolute Gasteiger partial charge is 0.332 e. The first-order valence-corrected chi connectivity index (χ1v) is 5.86. The first-order valence-electron chi connectivity index (χ1n) is 4.87. The molecule has 2 rings (SSSR count). The van der Waals surface area contributed by atoms with Crippen LogP contribution >= 0.6 is 11.8 Å². The highest BCUT2D eigenvalue weighted by molar-refractivity contribution is 8.14. The molecule has 0 unspecified atom stereocenters. The van der Waals surface area contributed by atoms with Crippen LogP contribution in [0.15, 0.2) is 23.2 Å². The van der Waals surface area contributed by atoms with Crippen molar-refractivity contribution in [3.05, 3.63) is 29.6 Å². The highest BCUT2D eigenvalue weighted by Gasteiger charge is 2.39. The second kappa shape index (κ2) is 4.03. The second-order valence-corrected chi connectivity index (χ2v) is 4.91. The van der Waals surface area contributed by atoms with Crippen LogP contribution in [0.4, 0.5) is 4.39 Å². The van der Waals surface area contributed by atoms with E-state index in [4.69, 9.17) is 5.11 Å². The third kappa shape index (κ3) is 2.12. The molecule has 0 amide bonds. The van der Waals surface area contributed by atoms with Crippen LogP contribution in [0, 0.1) is 5.82 Å². The molecule has 1 aliphatic rings. The summed E-state index contributed by atoms with van der Waals surface area (Å²) in [4.78, 5) is 15.0. The van der Waals surface area contributed by atoms with E-state index in [0.717, 1.165) is 12.1 Å². The summed E-state index contributed by atoms with van der Waals surface area (Å²) in [7, 11) is 0. The van der Waals surface area contributed by atoms with Crippen LogP contribution in [0.25, 0.3) is 0 Å². The number of thioether (sulfide) groups is 1. The first kappa shape index (κ1) is 11.9. The number of carbonyl (C=O) groups is 1. The molecule has 0 aromatic heterocycles. The van der Waals surface area contributed by atoms with Crippen LogP contribution < -0.4 is 0 Å². The zero-order valence-corrected chi connectivity index (χ0v) is 9.79. The van der Waals surface area contributed by atoms with Gasteiger partial charge in [0.2, 0.25) is 0 Å². The SMILES string of the molecule is C[C@]1(C(=O)O)CSC(c2cc(F)ccc2O)=N1. The lowest BCUT2D eigenvalue weighted by Crippen LogP contribution is -2.33. The van der Waals surface area contributed by atoms with E-state index >= 15 is 0 Å². The Kier molecular flexibility index (Phi) is 2.82. The quantitative estimate of drug-likeness (QED) is 0.846. The lowest BCUT2D eigenvalue weighted by molar-refractivity contribution is -0.141. The van der Waals surface area contributed by atoms with E-state index in [1.165, 1.54) is 24.8 Å². The Morgan fingerprint density at radius 3 is 2.88 bits per heavy atom. The number of hydrogen-bond acceptors (Lipinski definition) is 4. The molecule has 2 N–H and O–H groups in total. The van der Waals surface area contributed by atoms with Crippen molar-refractivity contribution in [1.82, 2.24) is 0 Å². The lowest BCUT2D eigenvalue weighted by atomic mass is 10.1. The number of phenols is 1. The number of aliphatic carboxylic acids is 1. The minimum absolute atomic E-state index is 0.104. The summed E-state index contributed by atoms with van der Waals surface area (Å²) in [5.41, 5.74) is -0.973. The average molecular weight is 255 g/mol. The predicted octanol–water partition coefficient (Wildman–Crippen LogP) is 1.87. The number of nitrogens with zero attached hydrogens (tertiary/aromatic N) is 1. The number of benzene rings is 1. The molecule has 1 atom stereocenters. The van der Waals surface area contributed by atoms with Crippen molar-refractivity contribution < 1.29 is 19.4 Å². The third-order valence-electron chi connectivity index (χ3n) is 2.49. The molecule has 6 heteroatoms. The summed E-state index contributed by atoms with van der Waals surface area (Å²) in [6.45, 7) is 1.49. The van der Waals surface area contributed by atoms with Crippen molar-refractivity contribution in [2.45, 2.75) is 12.5 Å². The molecular weight excluding hydrogens is 245 g/mol. The Labute approximate surface area is 101 Å². The van der Waals surface area contributed by atoms with Gasteiger partial charge >= 0.3 is 5.97 Å². The maximum Gasteiger partial charge on any atom is 0.332 e. The number of carboxylic acids is 1. The number of aliphatic imine (C=N–C) groups is 1. The van der Waals surface area contributed by atoms with E-state index in [9.17, 15) is 14.3 Å². The van der Waals surface area contributed by atoms with Crippen LogP contribution in [0.5, 0.6) is 5.75 Å². The molecule has 1 aliphatic heterocycles. The highest BCUT2D eigenvalue weighted by atomic mass is 32.2. The van der Waals surface area contributed by atoms with E-state index < -0.39 is 17.3 Å². The summed E-state index contributed by atoms with van der Waals surface area (Å²) in [5.74, 6) is -1.36. The fourth-order valence-electron chi connectivity index (χ4n) is 1.42. The van der Waals surface area contributed by atoms with Crippen molar-refractivity contribution in [2.75, 3.05) is 5.75 Å². The monoisotopic (exact) mass is 255 g/mol. The van der Waals surface area contributed by atoms with Crippen LogP contribution in [-0.4, -0.2) is 32.5 Å². The number of phenolic OH excluding ortho intramolecular Hbond substituents is 1. The maximum atomic E-state index is 13.1. The minimum atomic E-state index is -1.21. The molecule has 4 nitrogen and oxygen atoms in total.